The molecule has 1 aliphatic rings. The van der Waals surface area contributed by atoms with E-state index in [1.165, 1.54) is 4.90 Å². The van der Waals surface area contributed by atoms with Crippen molar-refractivity contribution < 1.29 is 23.9 Å². The lowest BCUT2D eigenvalue weighted by atomic mass is 10.1. The molecule has 1 aliphatic heterocycles. The largest absolute Gasteiger partial charge is 0.462 e. The molecule has 0 spiro atoms. The van der Waals surface area contributed by atoms with Crippen molar-refractivity contribution >= 4 is 29.4 Å². The molecule has 0 fully saturated rings. The first-order valence-electron chi connectivity index (χ1n) is 10.0. The number of nitrogens with one attached hydrogen (secondary N) is 1. The Labute approximate surface area is 175 Å². The molecule has 1 N–H and O–H groups in total. The van der Waals surface area contributed by atoms with Crippen molar-refractivity contribution in [1.29, 1.82) is 0 Å². The summed E-state index contributed by atoms with van der Waals surface area (Å²) in [6.07, 6.45) is 2.29. The van der Waals surface area contributed by atoms with Crippen molar-refractivity contribution in [3.63, 3.8) is 0 Å². The van der Waals surface area contributed by atoms with Crippen LogP contribution in [-0.4, -0.2) is 41.7 Å². The van der Waals surface area contributed by atoms with Gasteiger partial charge in [-0.15, -0.1) is 0 Å². The first-order chi connectivity index (χ1) is 14.5. The average molecular weight is 408 g/mol. The Hall–Kier alpha value is -3.48. The first kappa shape index (κ1) is 21.2. The first-order valence-corrected chi connectivity index (χ1v) is 10.0. The maximum atomic E-state index is 12.3. The minimum Gasteiger partial charge on any atom is -0.462 e. The third-order valence-electron chi connectivity index (χ3n) is 4.82. The summed E-state index contributed by atoms with van der Waals surface area (Å²) in [4.78, 5) is 49.8. The maximum absolute atomic E-state index is 12.3. The fourth-order valence-electron chi connectivity index (χ4n) is 3.34. The highest BCUT2D eigenvalue weighted by Crippen LogP contribution is 2.23. The van der Waals surface area contributed by atoms with Gasteiger partial charge < -0.3 is 10.1 Å². The van der Waals surface area contributed by atoms with E-state index in [2.05, 4.69) is 5.32 Å². The predicted molar refractivity (Wildman–Crippen MR) is 111 cm³/mol. The number of fused-ring (bicyclic) bond motifs is 1. The number of amides is 3. The number of carbonyl (C=O) groups is 4. The van der Waals surface area contributed by atoms with Crippen LogP contribution in [0.2, 0.25) is 0 Å². The van der Waals surface area contributed by atoms with E-state index in [9.17, 15) is 19.2 Å². The molecule has 7 heteroatoms. The monoisotopic (exact) mass is 408 g/mol. The zero-order valence-corrected chi connectivity index (χ0v) is 16.8. The van der Waals surface area contributed by atoms with Crippen molar-refractivity contribution in [3.05, 3.63) is 65.2 Å². The van der Waals surface area contributed by atoms with Gasteiger partial charge in [0.05, 0.1) is 23.3 Å². The molecular weight excluding hydrogens is 384 g/mol. The summed E-state index contributed by atoms with van der Waals surface area (Å²) >= 11 is 0. The van der Waals surface area contributed by atoms with Gasteiger partial charge in [-0.1, -0.05) is 24.6 Å². The normalized spacial score (nSPS) is 12.6. The fraction of sp³-hybridized carbons (Fsp3) is 0.304. The molecule has 0 radical (unpaired) electrons. The summed E-state index contributed by atoms with van der Waals surface area (Å²) in [7, 11) is 0. The van der Waals surface area contributed by atoms with Crippen LogP contribution in [-0.2, 0) is 9.53 Å². The molecule has 3 amide bonds. The minimum atomic E-state index is -0.429. The van der Waals surface area contributed by atoms with Gasteiger partial charge in [-0.2, -0.15) is 0 Å². The molecule has 0 bridgehead atoms. The SMILES string of the molecule is CCOC(=O)c1cccc(NC(=O)CCCCCN2C(=O)c3ccccc3C2=O)c1. The van der Waals surface area contributed by atoms with Gasteiger partial charge in [0.2, 0.25) is 5.91 Å². The molecule has 30 heavy (non-hydrogen) atoms. The van der Waals surface area contributed by atoms with Crippen LogP contribution >= 0.6 is 0 Å². The number of hydrogen-bond donors (Lipinski definition) is 1. The smallest absolute Gasteiger partial charge is 0.338 e. The van der Waals surface area contributed by atoms with E-state index in [1.54, 1.807) is 55.5 Å². The highest BCUT2D eigenvalue weighted by molar-refractivity contribution is 6.21. The van der Waals surface area contributed by atoms with Crippen LogP contribution in [0.4, 0.5) is 5.69 Å². The standard InChI is InChI=1S/C23H24N2O5/c1-2-30-23(29)16-9-8-10-17(15-16)24-20(26)13-4-3-7-14-25-21(27)18-11-5-6-12-19(18)22(25)28/h5-6,8-12,15H,2-4,7,13-14H2,1H3,(H,24,26). The van der Waals surface area contributed by atoms with Gasteiger partial charge in [0.15, 0.2) is 0 Å². The van der Waals surface area contributed by atoms with E-state index in [1.807, 2.05) is 0 Å². The summed E-state index contributed by atoms with van der Waals surface area (Å²) in [6.45, 7) is 2.36. The van der Waals surface area contributed by atoms with Gasteiger partial charge in [0, 0.05) is 18.7 Å². The molecule has 0 saturated carbocycles. The summed E-state index contributed by atoms with van der Waals surface area (Å²) in [5.41, 5.74) is 1.83. The van der Waals surface area contributed by atoms with Gasteiger partial charge in [-0.3, -0.25) is 19.3 Å². The molecule has 156 valence electrons. The fourth-order valence-corrected chi connectivity index (χ4v) is 3.34. The molecule has 2 aromatic rings. The molecular formula is C23H24N2O5. The van der Waals surface area contributed by atoms with Crippen LogP contribution in [0.25, 0.3) is 0 Å². The van der Waals surface area contributed by atoms with Crippen LogP contribution in [0.15, 0.2) is 48.5 Å². The third-order valence-corrected chi connectivity index (χ3v) is 4.82. The van der Waals surface area contributed by atoms with Crippen LogP contribution < -0.4 is 5.32 Å². The van der Waals surface area contributed by atoms with Crippen LogP contribution in [0.3, 0.4) is 0 Å². The number of rotatable bonds is 9. The quantitative estimate of drug-likeness (QED) is 0.388. The van der Waals surface area contributed by atoms with Crippen molar-refractivity contribution in [2.24, 2.45) is 0 Å². The van der Waals surface area contributed by atoms with Gasteiger partial charge in [0.25, 0.3) is 11.8 Å². The van der Waals surface area contributed by atoms with Crippen molar-refractivity contribution in [2.75, 3.05) is 18.5 Å². The summed E-state index contributed by atoms with van der Waals surface area (Å²) in [5, 5.41) is 2.77. The second kappa shape index (κ2) is 9.82. The molecule has 3 rings (SSSR count). The Balaban J connectivity index is 1.40. The Morgan fingerprint density at radius 3 is 2.30 bits per heavy atom. The van der Waals surface area contributed by atoms with Crippen molar-refractivity contribution in [3.8, 4) is 0 Å². The highest BCUT2D eigenvalue weighted by atomic mass is 16.5. The summed E-state index contributed by atoms with van der Waals surface area (Å²) < 4.78 is 4.95. The van der Waals surface area contributed by atoms with Crippen molar-refractivity contribution in [2.45, 2.75) is 32.6 Å². The Bertz CT molecular complexity index is 935. The van der Waals surface area contributed by atoms with Gasteiger partial charge in [0.1, 0.15) is 0 Å². The Kier molecular flexibility index (Phi) is 6.95. The summed E-state index contributed by atoms with van der Waals surface area (Å²) in [5.74, 6) is -1.09. The summed E-state index contributed by atoms with van der Waals surface area (Å²) in [6, 6.07) is 13.4. The number of imide groups is 1. The van der Waals surface area contributed by atoms with E-state index in [0.717, 1.165) is 0 Å². The van der Waals surface area contributed by atoms with Gasteiger partial charge in [-0.05, 0) is 50.1 Å². The van der Waals surface area contributed by atoms with Crippen LogP contribution in [0, 0.1) is 0 Å². The molecule has 7 nitrogen and oxygen atoms in total. The molecule has 1 heterocycles. The number of anilines is 1. The van der Waals surface area contributed by atoms with Gasteiger partial charge in [-0.25, -0.2) is 4.79 Å². The number of esters is 1. The van der Waals surface area contributed by atoms with E-state index < -0.39 is 5.97 Å². The molecule has 0 aliphatic carbocycles. The topological polar surface area (TPSA) is 92.8 Å². The second-order valence-electron chi connectivity index (χ2n) is 6.97. The Morgan fingerprint density at radius 1 is 0.933 bits per heavy atom. The van der Waals surface area contributed by atoms with E-state index in [-0.39, 0.29) is 24.3 Å². The molecule has 0 unspecified atom stereocenters. The predicted octanol–water partition coefficient (Wildman–Crippen LogP) is 3.66. The molecule has 0 atom stereocenters. The lowest BCUT2D eigenvalue weighted by molar-refractivity contribution is -0.116. The maximum Gasteiger partial charge on any atom is 0.338 e. The van der Waals surface area contributed by atoms with Crippen LogP contribution in [0.5, 0.6) is 0 Å². The van der Waals surface area contributed by atoms with E-state index in [4.69, 9.17) is 4.74 Å². The lowest BCUT2D eigenvalue weighted by Crippen LogP contribution is -2.30. The minimum absolute atomic E-state index is 0.156. The van der Waals surface area contributed by atoms with Crippen LogP contribution in [0.1, 0.15) is 63.7 Å². The zero-order valence-electron chi connectivity index (χ0n) is 16.8. The zero-order chi connectivity index (χ0) is 21.5. The second-order valence-corrected chi connectivity index (χ2v) is 6.97. The number of hydrogen-bond acceptors (Lipinski definition) is 5. The van der Waals surface area contributed by atoms with E-state index >= 15 is 0 Å². The number of nitrogens with zero attached hydrogens (tertiary/aromatic N) is 1. The van der Waals surface area contributed by atoms with Crippen molar-refractivity contribution in [1.82, 2.24) is 4.90 Å². The third kappa shape index (κ3) is 4.92. The number of ether oxygens (including phenoxy) is 1. The van der Waals surface area contributed by atoms with E-state index in [0.29, 0.717) is 54.6 Å². The number of carbonyl (C=O) groups excluding carboxylic acids is 4. The average Bonchev–Trinajstić information content (AvgIpc) is 2.99. The molecule has 0 aromatic heterocycles. The highest BCUT2D eigenvalue weighted by Gasteiger charge is 2.34. The Morgan fingerprint density at radius 2 is 1.63 bits per heavy atom. The molecule has 0 saturated heterocycles. The van der Waals surface area contributed by atoms with Gasteiger partial charge >= 0.3 is 5.97 Å². The lowest BCUT2D eigenvalue weighted by Gasteiger charge is -2.13. The number of benzene rings is 2. The molecule has 2 aromatic carbocycles. The number of unbranched alkanes of at least 4 members (excludes halogenated alkanes) is 2.